The van der Waals surface area contributed by atoms with Crippen molar-refractivity contribution in [2.24, 2.45) is 5.92 Å². The molecule has 0 radical (unpaired) electrons. The molecule has 20 heavy (non-hydrogen) atoms. The summed E-state index contributed by atoms with van der Waals surface area (Å²) in [5, 5.41) is 0. The molecule has 1 aliphatic rings. The lowest BCUT2D eigenvalue weighted by atomic mass is 9.94. The molecule has 1 aromatic carbocycles. The summed E-state index contributed by atoms with van der Waals surface area (Å²) in [5.74, 6) is -1.32. The number of nitrogens with one attached hydrogen (secondary N) is 1. The van der Waals surface area contributed by atoms with Crippen LogP contribution in [-0.2, 0) is 0 Å². The van der Waals surface area contributed by atoms with Gasteiger partial charge in [-0.15, -0.1) is 0 Å². The summed E-state index contributed by atoms with van der Waals surface area (Å²) >= 11 is 5.32. The number of fused-ring (bicyclic) bond motifs is 1. The molecule has 1 saturated heterocycles. The van der Waals surface area contributed by atoms with Crippen molar-refractivity contribution in [3.63, 3.8) is 0 Å². The van der Waals surface area contributed by atoms with Crippen LogP contribution < -0.4 is 0 Å². The number of piperidine rings is 1. The van der Waals surface area contributed by atoms with E-state index in [1.807, 2.05) is 0 Å². The van der Waals surface area contributed by atoms with E-state index in [9.17, 15) is 8.78 Å². The third-order valence-electron chi connectivity index (χ3n) is 4.17. The molecule has 2 atom stereocenters. The Morgan fingerprint density at radius 3 is 2.80 bits per heavy atom. The van der Waals surface area contributed by atoms with E-state index < -0.39 is 11.6 Å². The van der Waals surface area contributed by atoms with Crippen LogP contribution in [0.3, 0.4) is 0 Å². The van der Waals surface area contributed by atoms with Gasteiger partial charge < -0.3 is 14.5 Å². The van der Waals surface area contributed by atoms with Gasteiger partial charge in [0, 0.05) is 12.6 Å². The molecule has 2 heterocycles. The first-order valence-corrected chi connectivity index (χ1v) is 7.16. The Morgan fingerprint density at radius 1 is 1.35 bits per heavy atom. The molecule has 2 aromatic rings. The van der Waals surface area contributed by atoms with Gasteiger partial charge in [0.25, 0.3) is 0 Å². The van der Waals surface area contributed by atoms with E-state index in [0.717, 1.165) is 25.6 Å². The SMILES string of the molecule is CC1CN(C)CCC1n1c(=S)[nH]c2ccc(F)c(F)c21. The molecule has 108 valence electrons. The molecule has 0 amide bonds. The molecule has 0 aliphatic carbocycles. The summed E-state index contributed by atoms with van der Waals surface area (Å²) < 4.78 is 29.9. The van der Waals surface area contributed by atoms with Crippen LogP contribution in [0.1, 0.15) is 19.4 Å². The van der Waals surface area contributed by atoms with Crippen LogP contribution in [0.25, 0.3) is 11.0 Å². The maximum atomic E-state index is 14.2. The summed E-state index contributed by atoms with van der Waals surface area (Å²) in [5.41, 5.74) is 0.816. The number of rotatable bonds is 1. The van der Waals surface area contributed by atoms with Crippen molar-refractivity contribution >= 4 is 23.3 Å². The predicted molar refractivity (Wildman–Crippen MR) is 77.4 cm³/mol. The average molecular weight is 297 g/mol. The molecule has 6 heteroatoms. The van der Waals surface area contributed by atoms with Gasteiger partial charge in [-0.05, 0) is 50.3 Å². The smallest absolute Gasteiger partial charge is 0.184 e. The quantitative estimate of drug-likeness (QED) is 0.815. The zero-order valence-electron chi connectivity index (χ0n) is 11.5. The molecule has 0 saturated carbocycles. The average Bonchev–Trinajstić information content (AvgIpc) is 2.72. The summed E-state index contributed by atoms with van der Waals surface area (Å²) in [4.78, 5) is 5.23. The number of hydrogen-bond donors (Lipinski definition) is 1. The monoisotopic (exact) mass is 297 g/mol. The van der Waals surface area contributed by atoms with Gasteiger partial charge in [0.15, 0.2) is 16.4 Å². The van der Waals surface area contributed by atoms with Gasteiger partial charge in [0.05, 0.1) is 5.52 Å². The molecular formula is C14H17F2N3S. The first kappa shape index (κ1) is 13.7. The number of H-pyrrole nitrogens is 1. The maximum Gasteiger partial charge on any atom is 0.184 e. The standard InChI is InChI=1S/C14H17F2N3S/c1-8-7-18(2)6-5-11(8)19-13-10(17-14(19)20)4-3-9(15)12(13)16/h3-4,8,11H,5-7H2,1-2H3,(H,17,20). The van der Waals surface area contributed by atoms with Crippen molar-refractivity contribution < 1.29 is 8.78 Å². The van der Waals surface area contributed by atoms with Crippen molar-refractivity contribution in [2.75, 3.05) is 20.1 Å². The third kappa shape index (κ3) is 2.07. The van der Waals surface area contributed by atoms with Crippen molar-refractivity contribution in [3.8, 4) is 0 Å². The molecule has 0 bridgehead atoms. The number of hydrogen-bond acceptors (Lipinski definition) is 2. The number of likely N-dealkylation sites (tertiary alicyclic amines) is 1. The Labute approximate surface area is 121 Å². The van der Waals surface area contributed by atoms with Crippen LogP contribution in [0.2, 0.25) is 0 Å². The summed E-state index contributed by atoms with van der Waals surface area (Å²) in [6.45, 7) is 3.98. The van der Waals surface area contributed by atoms with E-state index in [1.165, 1.54) is 0 Å². The first-order chi connectivity index (χ1) is 9.49. The fourth-order valence-corrected chi connectivity index (χ4v) is 3.53. The first-order valence-electron chi connectivity index (χ1n) is 6.76. The third-order valence-corrected chi connectivity index (χ3v) is 4.46. The Kier molecular flexibility index (Phi) is 3.38. The fraction of sp³-hybridized carbons (Fsp3) is 0.500. The van der Waals surface area contributed by atoms with Crippen LogP contribution in [0.5, 0.6) is 0 Å². The van der Waals surface area contributed by atoms with Crippen molar-refractivity contribution in [1.82, 2.24) is 14.5 Å². The van der Waals surface area contributed by atoms with Gasteiger partial charge in [-0.1, -0.05) is 6.92 Å². The number of imidazole rings is 1. The van der Waals surface area contributed by atoms with Crippen molar-refractivity contribution in [1.29, 1.82) is 0 Å². The minimum absolute atomic E-state index is 0.101. The normalized spacial score (nSPS) is 24.4. The summed E-state index contributed by atoms with van der Waals surface area (Å²) in [6, 6.07) is 2.77. The van der Waals surface area contributed by atoms with Gasteiger partial charge >= 0.3 is 0 Å². The molecule has 1 aromatic heterocycles. The van der Waals surface area contributed by atoms with E-state index in [4.69, 9.17) is 12.2 Å². The Balaban J connectivity index is 2.18. The lowest BCUT2D eigenvalue weighted by Crippen LogP contribution is -2.37. The molecule has 1 fully saturated rings. The van der Waals surface area contributed by atoms with Gasteiger partial charge in [-0.25, -0.2) is 8.78 Å². The zero-order chi connectivity index (χ0) is 14.4. The van der Waals surface area contributed by atoms with Crippen LogP contribution in [0, 0.1) is 22.3 Å². The fourth-order valence-electron chi connectivity index (χ4n) is 3.20. The highest BCUT2D eigenvalue weighted by Crippen LogP contribution is 2.32. The molecule has 3 nitrogen and oxygen atoms in total. The number of aromatic nitrogens is 2. The Morgan fingerprint density at radius 2 is 2.10 bits per heavy atom. The van der Waals surface area contributed by atoms with E-state index in [-0.39, 0.29) is 11.6 Å². The van der Waals surface area contributed by atoms with E-state index in [0.29, 0.717) is 16.2 Å². The summed E-state index contributed by atoms with van der Waals surface area (Å²) in [6.07, 6.45) is 0.884. The van der Waals surface area contributed by atoms with Gasteiger partial charge in [-0.3, -0.25) is 0 Å². The topological polar surface area (TPSA) is 24.0 Å². The maximum absolute atomic E-state index is 14.2. The second kappa shape index (κ2) is 4.93. The van der Waals surface area contributed by atoms with Crippen LogP contribution in [-0.4, -0.2) is 34.6 Å². The minimum Gasteiger partial charge on any atom is -0.330 e. The molecule has 3 rings (SSSR count). The highest BCUT2D eigenvalue weighted by Gasteiger charge is 2.28. The number of aromatic amines is 1. The number of halogens is 2. The summed E-state index contributed by atoms with van der Waals surface area (Å²) in [7, 11) is 2.07. The number of nitrogens with zero attached hydrogens (tertiary/aromatic N) is 2. The molecule has 1 aliphatic heterocycles. The zero-order valence-corrected chi connectivity index (χ0v) is 12.3. The molecule has 2 unspecified atom stereocenters. The van der Waals surface area contributed by atoms with Crippen molar-refractivity contribution in [2.45, 2.75) is 19.4 Å². The van der Waals surface area contributed by atoms with Crippen LogP contribution in [0.4, 0.5) is 8.78 Å². The molecule has 0 spiro atoms. The van der Waals surface area contributed by atoms with Crippen molar-refractivity contribution in [3.05, 3.63) is 28.5 Å². The van der Waals surface area contributed by atoms with E-state index >= 15 is 0 Å². The van der Waals surface area contributed by atoms with Crippen LogP contribution in [0.15, 0.2) is 12.1 Å². The number of benzene rings is 1. The highest BCUT2D eigenvalue weighted by atomic mass is 32.1. The molecular weight excluding hydrogens is 280 g/mol. The lowest BCUT2D eigenvalue weighted by Gasteiger charge is -2.35. The predicted octanol–water partition coefficient (Wildman–Crippen LogP) is 3.49. The van der Waals surface area contributed by atoms with E-state index in [1.54, 1.807) is 10.6 Å². The molecule has 1 N–H and O–H groups in total. The Hall–Kier alpha value is -1.27. The van der Waals surface area contributed by atoms with Crippen LogP contribution >= 0.6 is 12.2 Å². The Bertz CT molecular complexity index is 706. The second-order valence-electron chi connectivity index (χ2n) is 5.65. The van der Waals surface area contributed by atoms with Gasteiger partial charge in [0.2, 0.25) is 0 Å². The van der Waals surface area contributed by atoms with E-state index in [2.05, 4.69) is 23.9 Å². The van der Waals surface area contributed by atoms with Gasteiger partial charge in [0.1, 0.15) is 5.52 Å². The second-order valence-corrected chi connectivity index (χ2v) is 6.04. The lowest BCUT2D eigenvalue weighted by molar-refractivity contribution is 0.160. The minimum atomic E-state index is -0.833. The largest absolute Gasteiger partial charge is 0.330 e. The highest BCUT2D eigenvalue weighted by molar-refractivity contribution is 7.71. The van der Waals surface area contributed by atoms with Gasteiger partial charge in [-0.2, -0.15) is 0 Å².